The molecule has 8 rings (SSSR count). The first-order chi connectivity index (χ1) is 27.9. The van der Waals surface area contributed by atoms with Gasteiger partial charge in [-0.1, -0.05) is 73.5 Å². The Kier molecular flexibility index (Phi) is 10.2. The van der Waals surface area contributed by atoms with Gasteiger partial charge in [0.2, 0.25) is 20.0 Å². The number of aryl methyl sites for hydroxylation is 1. The number of para-hydroxylation sites is 1. The van der Waals surface area contributed by atoms with Crippen molar-refractivity contribution in [1.29, 1.82) is 0 Å². The minimum absolute atomic E-state index is 0.0524. The van der Waals surface area contributed by atoms with E-state index in [4.69, 9.17) is 26.7 Å². The average molecular weight is 860 g/mol. The fraction of sp³-hybridized carbons (Fsp3) is 0.390. The molecule has 0 amide bonds. The van der Waals surface area contributed by atoms with E-state index in [-0.39, 0.29) is 30.4 Å². The topological polar surface area (TPSA) is 170 Å². The van der Waals surface area contributed by atoms with Gasteiger partial charge >= 0.3 is 0 Å². The third-order valence-electron chi connectivity index (χ3n) is 11.6. The molecule has 1 aliphatic carbocycles. The summed E-state index contributed by atoms with van der Waals surface area (Å²) in [6.07, 6.45) is 7.97. The van der Waals surface area contributed by atoms with E-state index in [1.54, 1.807) is 49.0 Å². The molecular formula is C41H46ClN9O6S2. The molecule has 2 aromatic carbocycles. The van der Waals surface area contributed by atoms with Crippen LogP contribution in [-0.2, 0) is 40.1 Å². The van der Waals surface area contributed by atoms with Gasteiger partial charge in [0.25, 0.3) is 5.69 Å². The number of hydrogen-bond acceptors (Lipinski definition) is 11. The normalized spacial score (nSPS) is 20.3. The third kappa shape index (κ3) is 6.81. The minimum Gasteiger partial charge on any atom is -0.353 e. The molecule has 0 spiro atoms. The number of nitro groups is 1. The number of aromatic nitrogens is 5. The van der Waals surface area contributed by atoms with Crippen molar-refractivity contribution in [3.05, 3.63) is 111 Å². The molecule has 3 aromatic heterocycles. The summed E-state index contributed by atoms with van der Waals surface area (Å²) in [5, 5.41) is 17.8. The number of rotatable bonds is 9. The Hall–Kier alpha value is -5.10. The van der Waals surface area contributed by atoms with Crippen LogP contribution in [0.4, 0.5) is 17.3 Å². The molecule has 1 fully saturated rings. The Morgan fingerprint density at radius 1 is 1.00 bits per heavy atom. The fourth-order valence-electron chi connectivity index (χ4n) is 8.66. The molecule has 310 valence electrons. The molecule has 2 atom stereocenters. The highest BCUT2D eigenvalue weighted by molar-refractivity contribution is 7.91. The predicted molar refractivity (Wildman–Crippen MR) is 229 cm³/mol. The third-order valence-corrected chi connectivity index (χ3v) is 16.3. The van der Waals surface area contributed by atoms with Crippen molar-refractivity contribution in [2.75, 3.05) is 36.0 Å². The van der Waals surface area contributed by atoms with Gasteiger partial charge in [-0.15, -0.1) is 0 Å². The van der Waals surface area contributed by atoms with Crippen LogP contribution in [-0.4, -0.2) is 86.8 Å². The number of piperazine rings is 1. The summed E-state index contributed by atoms with van der Waals surface area (Å²) in [6, 6.07) is 12.1. The number of hydrogen-bond donors (Lipinski definition) is 0. The number of halogens is 1. The smallest absolute Gasteiger partial charge is 0.289 e. The Bertz CT molecular complexity index is 2820. The number of fused-ring (bicyclic) bond motifs is 2. The van der Waals surface area contributed by atoms with Crippen molar-refractivity contribution in [2.24, 2.45) is 7.05 Å². The van der Waals surface area contributed by atoms with Crippen molar-refractivity contribution in [3.63, 3.8) is 0 Å². The van der Waals surface area contributed by atoms with Crippen LogP contribution >= 0.6 is 11.6 Å². The van der Waals surface area contributed by atoms with Gasteiger partial charge in [-0.25, -0.2) is 30.8 Å². The molecule has 0 N–H and O–H groups in total. The first kappa shape index (κ1) is 40.7. The Morgan fingerprint density at radius 2 is 1.76 bits per heavy atom. The maximum Gasteiger partial charge on any atom is 0.289 e. The highest BCUT2D eigenvalue weighted by Gasteiger charge is 2.41. The van der Waals surface area contributed by atoms with E-state index in [0.717, 1.165) is 28.3 Å². The standard InChI is InChI=1S/C41H46ClN9O6S2/c1-26(2)37-36(42)40(46(6)45-37)48-19-17-32-31(25-48)39(47-21-22-49(28(4)24-47)58(54,55)35-15-8-7-13-34(35)51(52)53)44-38(43-32)30-12-9-14-33-29(30)16-20-50(33)59(56,57)41(5)18-10-11-27(3)23-41/h7-16,18,20,26,28H,17,19,21-25H2,1-6H3/t28-,41?/m1/s1. The molecule has 15 nitrogen and oxygen atoms in total. The molecule has 1 saturated heterocycles. The van der Waals surface area contributed by atoms with Crippen LogP contribution in [0.15, 0.2) is 83.4 Å². The molecule has 0 saturated carbocycles. The second kappa shape index (κ2) is 14.9. The number of sulfonamides is 1. The zero-order chi connectivity index (χ0) is 42.2. The van der Waals surface area contributed by atoms with Crippen molar-refractivity contribution < 1.29 is 21.8 Å². The lowest BCUT2D eigenvalue weighted by atomic mass is 9.96. The Labute approximate surface area is 348 Å². The molecule has 0 radical (unpaired) electrons. The van der Waals surface area contributed by atoms with E-state index >= 15 is 0 Å². The quantitative estimate of drug-likeness (QED) is 0.113. The van der Waals surface area contributed by atoms with E-state index in [0.29, 0.717) is 59.1 Å². The van der Waals surface area contributed by atoms with Crippen molar-refractivity contribution >= 4 is 59.9 Å². The van der Waals surface area contributed by atoms with Gasteiger partial charge < -0.3 is 9.80 Å². The summed E-state index contributed by atoms with van der Waals surface area (Å²) < 4.78 is 59.9. The summed E-state index contributed by atoms with van der Waals surface area (Å²) in [4.78, 5) is 25.4. The van der Waals surface area contributed by atoms with Crippen LogP contribution < -0.4 is 9.80 Å². The van der Waals surface area contributed by atoms with Gasteiger partial charge in [0.1, 0.15) is 21.4 Å². The van der Waals surface area contributed by atoms with Gasteiger partial charge in [-0.2, -0.15) is 9.40 Å². The molecule has 0 bridgehead atoms. The second-order valence-corrected chi connectivity index (χ2v) is 20.6. The van der Waals surface area contributed by atoms with Crippen LogP contribution in [0.5, 0.6) is 0 Å². The van der Waals surface area contributed by atoms with E-state index in [9.17, 15) is 26.9 Å². The molecule has 5 heterocycles. The molecular weight excluding hydrogens is 814 g/mol. The molecule has 59 heavy (non-hydrogen) atoms. The summed E-state index contributed by atoms with van der Waals surface area (Å²) in [7, 11) is -6.24. The zero-order valence-electron chi connectivity index (χ0n) is 33.7. The van der Waals surface area contributed by atoms with Crippen LogP contribution in [0.3, 0.4) is 0 Å². The summed E-state index contributed by atoms with van der Waals surface area (Å²) in [5.74, 6) is 1.93. The average Bonchev–Trinajstić information content (AvgIpc) is 3.77. The van der Waals surface area contributed by atoms with Crippen LogP contribution in [0.1, 0.15) is 63.9 Å². The molecule has 18 heteroatoms. The lowest BCUT2D eigenvalue weighted by Crippen LogP contribution is -2.54. The van der Waals surface area contributed by atoms with Gasteiger partial charge in [-0.05, 0) is 51.3 Å². The van der Waals surface area contributed by atoms with Crippen molar-refractivity contribution in [1.82, 2.24) is 28.0 Å². The monoisotopic (exact) mass is 859 g/mol. The minimum atomic E-state index is -4.23. The largest absolute Gasteiger partial charge is 0.353 e. The van der Waals surface area contributed by atoms with Gasteiger partial charge in [0, 0.05) is 81.0 Å². The summed E-state index contributed by atoms with van der Waals surface area (Å²) in [5.41, 5.74) is 4.14. The number of allylic oxidation sites excluding steroid dienone is 3. The van der Waals surface area contributed by atoms with Crippen molar-refractivity contribution in [3.8, 4) is 11.4 Å². The molecule has 3 aliphatic rings. The van der Waals surface area contributed by atoms with Crippen LogP contribution in [0.25, 0.3) is 22.3 Å². The fourth-order valence-corrected chi connectivity index (χ4v) is 12.7. The number of benzene rings is 2. The van der Waals surface area contributed by atoms with Crippen molar-refractivity contribution in [2.45, 2.75) is 75.6 Å². The number of nitrogens with zero attached hydrogens (tertiary/aromatic N) is 9. The maximum atomic E-state index is 14.3. The maximum absolute atomic E-state index is 14.3. The van der Waals surface area contributed by atoms with Gasteiger partial charge in [0.05, 0.1) is 21.8 Å². The Balaban J connectivity index is 1.21. The highest BCUT2D eigenvalue weighted by Crippen LogP contribution is 2.40. The van der Waals surface area contributed by atoms with Gasteiger partial charge in [0.15, 0.2) is 10.7 Å². The molecule has 1 unspecified atom stereocenters. The summed E-state index contributed by atoms with van der Waals surface area (Å²) in [6.45, 7) is 11.1. The van der Waals surface area contributed by atoms with E-state index in [1.165, 1.54) is 32.5 Å². The SMILES string of the molecule is CC1=CC=CC(C)(S(=O)(=O)n2ccc3c(-c4nc5c(c(N6CCN(S(=O)(=O)c7ccccc7[N+](=O)[O-])[C@H](C)C6)n4)CN(c4c(Cl)c(C(C)C)nn4C)CC5)cccc32)C1. The number of anilines is 2. The van der Waals surface area contributed by atoms with E-state index in [2.05, 4.69) is 9.80 Å². The molecule has 2 aliphatic heterocycles. The first-order valence-electron chi connectivity index (χ1n) is 19.5. The second-order valence-electron chi connectivity index (χ2n) is 16.1. The predicted octanol–water partition coefficient (Wildman–Crippen LogP) is 6.82. The van der Waals surface area contributed by atoms with Crippen LogP contribution in [0, 0.1) is 10.1 Å². The first-order valence-corrected chi connectivity index (χ1v) is 22.8. The van der Waals surface area contributed by atoms with E-state index < -0.39 is 41.4 Å². The van der Waals surface area contributed by atoms with Crippen LogP contribution in [0.2, 0.25) is 5.02 Å². The lowest BCUT2D eigenvalue weighted by Gasteiger charge is -2.41. The molecule has 5 aromatic rings. The highest BCUT2D eigenvalue weighted by atomic mass is 35.5. The lowest BCUT2D eigenvalue weighted by molar-refractivity contribution is -0.387. The summed E-state index contributed by atoms with van der Waals surface area (Å²) >= 11 is 6.97. The van der Waals surface area contributed by atoms with Gasteiger partial charge in [-0.3, -0.25) is 14.8 Å². The zero-order valence-corrected chi connectivity index (χ0v) is 36.1. The Morgan fingerprint density at radius 3 is 2.46 bits per heavy atom. The number of nitro benzene ring substituents is 1. The van der Waals surface area contributed by atoms with E-state index in [1.807, 2.05) is 46.0 Å².